The van der Waals surface area contributed by atoms with Crippen LogP contribution in [0.1, 0.15) is 6.92 Å². The highest BCUT2D eigenvalue weighted by atomic mass is 16.5. The maximum atomic E-state index is 8.83. The fraction of sp³-hybridized carbons (Fsp3) is 1.00. The Morgan fingerprint density at radius 2 is 2.43 bits per heavy atom. The van der Waals surface area contributed by atoms with Gasteiger partial charge in [0.2, 0.25) is 0 Å². The molecule has 1 aliphatic heterocycles. The van der Waals surface area contributed by atoms with Crippen LogP contribution in [0.4, 0.5) is 0 Å². The lowest BCUT2D eigenvalue weighted by atomic mass is 10.2. The molecule has 2 unspecified atom stereocenters. The van der Waals surface area contributed by atoms with E-state index in [9.17, 15) is 0 Å². The summed E-state index contributed by atoms with van der Waals surface area (Å²) < 4.78 is 5.60. The van der Waals surface area contributed by atoms with Crippen molar-refractivity contribution in [2.24, 2.45) is 5.92 Å². The monoisotopic (exact) mass is 202 g/mol. The summed E-state index contributed by atoms with van der Waals surface area (Å²) in [5, 5.41) is 12.1. The topological polar surface area (TPSA) is 44.7 Å². The van der Waals surface area contributed by atoms with Gasteiger partial charge in [-0.05, 0) is 19.5 Å². The van der Waals surface area contributed by atoms with E-state index in [0.29, 0.717) is 12.0 Å². The predicted octanol–water partition coefficient (Wildman–Crippen LogP) is -0.465. The van der Waals surface area contributed by atoms with Gasteiger partial charge in [-0.15, -0.1) is 0 Å². The minimum absolute atomic E-state index is 0.248. The first-order valence-electron chi connectivity index (χ1n) is 5.34. The van der Waals surface area contributed by atoms with Crippen molar-refractivity contribution in [1.29, 1.82) is 0 Å². The third-order valence-electron chi connectivity index (χ3n) is 2.52. The van der Waals surface area contributed by atoms with Crippen LogP contribution in [0.25, 0.3) is 0 Å². The van der Waals surface area contributed by atoms with Crippen molar-refractivity contribution in [3.05, 3.63) is 0 Å². The van der Waals surface area contributed by atoms with Crippen LogP contribution in [-0.4, -0.2) is 62.6 Å². The van der Waals surface area contributed by atoms with Gasteiger partial charge in [-0.3, -0.25) is 0 Å². The molecule has 0 bridgehead atoms. The molecule has 2 atom stereocenters. The molecule has 1 heterocycles. The molecule has 0 saturated carbocycles. The SMILES string of the molecule is CC(CO)CNCC1CN(C)CCO1. The molecule has 0 aliphatic carbocycles. The molecule has 1 saturated heterocycles. The van der Waals surface area contributed by atoms with E-state index in [0.717, 1.165) is 32.8 Å². The molecular weight excluding hydrogens is 180 g/mol. The maximum absolute atomic E-state index is 8.83. The zero-order chi connectivity index (χ0) is 10.4. The smallest absolute Gasteiger partial charge is 0.0826 e. The second-order valence-electron chi connectivity index (χ2n) is 4.20. The number of likely N-dealkylation sites (N-methyl/N-ethyl adjacent to an activating group) is 1. The number of nitrogens with one attached hydrogen (secondary N) is 1. The van der Waals surface area contributed by atoms with Crippen LogP contribution in [0.5, 0.6) is 0 Å². The van der Waals surface area contributed by atoms with Gasteiger partial charge in [0.25, 0.3) is 0 Å². The molecule has 4 nitrogen and oxygen atoms in total. The van der Waals surface area contributed by atoms with E-state index in [1.54, 1.807) is 0 Å². The zero-order valence-corrected chi connectivity index (χ0v) is 9.20. The number of ether oxygens (including phenoxy) is 1. The lowest BCUT2D eigenvalue weighted by Gasteiger charge is -2.30. The molecule has 84 valence electrons. The Balaban J connectivity index is 2.05. The van der Waals surface area contributed by atoms with E-state index in [-0.39, 0.29) is 6.61 Å². The molecule has 1 fully saturated rings. The summed E-state index contributed by atoms with van der Waals surface area (Å²) >= 11 is 0. The average Bonchev–Trinajstić information content (AvgIpc) is 2.17. The van der Waals surface area contributed by atoms with Crippen molar-refractivity contribution < 1.29 is 9.84 Å². The van der Waals surface area contributed by atoms with Crippen LogP contribution in [-0.2, 0) is 4.74 Å². The third-order valence-corrected chi connectivity index (χ3v) is 2.52. The quantitative estimate of drug-likeness (QED) is 0.633. The number of aliphatic hydroxyl groups is 1. The van der Waals surface area contributed by atoms with Gasteiger partial charge in [0.05, 0.1) is 12.7 Å². The summed E-state index contributed by atoms with van der Waals surface area (Å²) in [6.07, 6.45) is 0.305. The van der Waals surface area contributed by atoms with Gasteiger partial charge in [0, 0.05) is 26.2 Å². The molecule has 1 aliphatic rings. The zero-order valence-electron chi connectivity index (χ0n) is 9.20. The lowest BCUT2D eigenvalue weighted by molar-refractivity contribution is -0.0185. The molecular formula is C10H22N2O2. The first-order valence-corrected chi connectivity index (χ1v) is 5.34. The maximum Gasteiger partial charge on any atom is 0.0826 e. The normalized spacial score (nSPS) is 26.4. The number of morpholine rings is 1. The Morgan fingerprint density at radius 3 is 3.07 bits per heavy atom. The van der Waals surface area contributed by atoms with Crippen molar-refractivity contribution in [2.75, 3.05) is 46.4 Å². The van der Waals surface area contributed by atoms with Crippen molar-refractivity contribution in [1.82, 2.24) is 10.2 Å². The lowest BCUT2D eigenvalue weighted by Crippen LogP contribution is -2.45. The predicted molar refractivity (Wildman–Crippen MR) is 56.4 cm³/mol. The third kappa shape index (κ3) is 4.37. The number of rotatable bonds is 5. The molecule has 0 amide bonds. The Bertz CT molecular complexity index is 155. The van der Waals surface area contributed by atoms with E-state index in [2.05, 4.69) is 17.3 Å². The molecule has 14 heavy (non-hydrogen) atoms. The largest absolute Gasteiger partial charge is 0.396 e. The van der Waals surface area contributed by atoms with E-state index in [1.807, 2.05) is 6.92 Å². The Hall–Kier alpha value is -0.160. The van der Waals surface area contributed by atoms with Crippen LogP contribution >= 0.6 is 0 Å². The molecule has 0 aromatic rings. The van der Waals surface area contributed by atoms with E-state index < -0.39 is 0 Å². The molecule has 1 rings (SSSR count). The highest BCUT2D eigenvalue weighted by Crippen LogP contribution is 2.01. The number of nitrogens with zero attached hydrogens (tertiary/aromatic N) is 1. The van der Waals surface area contributed by atoms with Crippen molar-refractivity contribution in [2.45, 2.75) is 13.0 Å². The van der Waals surface area contributed by atoms with Gasteiger partial charge in [-0.1, -0.05) is 6.92 Å². The van der Waals surface area contributed by atoms with Gasteiger partial charge in [-0.2, -0.15) is 0 Å². The van der Waals surface area contributed by atoms with Gasteiger partial charge >= 0.3 is 0 Å². The highest BCUT2D eigenvalue weighted by Gasteiger charge is 2.16. The summed E-state index contributed by atoms with van der Waals surface area (Å²) in [4.78, 5) is 2.28. The van der Waals surface area contributed by atoms with E-state index >= 15 is 0 Å². The summed E-state index contributed by atoms with van der Waals surface area (Å²) in [5.74, 6) is 0.330. The molecule has 0 radical (unpaired) electrons. The van der Waals surface area contributed by atoms with E-state index in [1.165, 1.54) is 0 Å². The van der Waals surface area contributed by atoms with Crippen molar-refractivity contribution in [3.63, 3.8) is 0 Å². The molecule has 0 aromatic carbocycles. The van der Waals surface area contributed by atoms with Crippen molar-refractivity contribution in [3.8, 4) is 0 Å². The highest BCUT2D eigenvalue weighted by molar-refractivity contribution is 4.71. The molecule has 0 aromatic heterocycles. The van der Waals surface area contributed by atoms with Gasteiger partial charge in [0.1, 0.15) is 0 Å². The van der Waals surface area contributed by atoms with Gasteiger partial charge in [-0.25, -0.2) is 0 Å². The standard InChI is InChI=1S/C10H22N2O2/c1-9(8-13)5-11-6-10-7-12(2)3-4-14-10/h9-11,13H,3-8H2,1-2H3. The first-order chi connectivity index (χ1) is 6.72. The van der Waals surface area contributed by atoms with Crippen LogP contribution in [0.2, 0.25) is 0 Å². The van der Waals surface area contributed by atoms with Gasteiger partial charge in [0.15, 0.2) is 0 Å². The second kappa shape index (κ2) is 6.35. The molecule has 0 spiro atoms. The van der Waals surface area contributed by atoms with Crippen LogP contribution < -0.4 is 5.32 Å². The first kappa shape index (κ1) is 11.9. The average molecular weight is 202 g/mol. The van der Waals surface area contributed by atoms with Gasteiger partial charge < -0.3 is 20.1 Å². The number of hydrogen-bond acceptors (Lipinski definition) is 4. The van der Waals surface area contributed by atoms with E-state index in [4.69, 9.17) is 9.84 Å². The molecule has 4 heteroatoms. The summed E-state index contributed by atoms with van der Waals surface area (Å²) in [6, 6.07) is 0. The minimum atomic E-state index is 0.248. The Kier molecular flexibility index (Phi) is 5.40. The summed E-state index contributed by atoms with van der Waals surface area (Å²) in [5.41, 5.74) is 0. The number of aliphatic hydroxyl groups excluding tert-OH is 1. The fourth-order valence-corrected chi connectivity index (χ4v) is 1.55. The Labute approximate surface area is 86.2 Å². The van der Waals surface area contributed by atoms with Crippen LogP contribution in [0, 0.1) is 5.92 Å². The fourth-order valence-electron chi connectivity index (χ4n) is 1.55. The summed E-state index contributed by atoms with van der Waals surface area (Å²) in [6.45, 7) is 6.89. The number of hydrogen-bond donors (Lipinski definition) is 2. The van der Waals surface area contributed by atoms with Crippen LogP contribution in [0.3, 0.4) is 0 Å². The Morgan fingerprint density at radius 1 is 1.64 bits per heavy atom. The summed E-state index contributed by atoms with van der Waals surface area (Å²) in [7, 11) is 2.12. The minimum Gasteiger partial charge on any atom is -0.396 e. The molecule has 2 N–H and O–H groups in total. The second-order valence-corrected chi connectivity index (χ2v) is 4.20. The van der Waals surface area contributed by atoms with Crippen molar-refractivity contribution >= 4 is 0 Å². The van der Waals surface area contributed by atoms with Crippen LogP contribution in [0.15, 0.2) is 0 Å².